The highest BCUT2D eigenvalue weighted by Crippen LogP contribution is 2.45. The second-order valence-electron chi connectivity index (χ2n) is 5.34. The quantitative estimate of drug-likeness (QED) is 0.473. The van der Waals surface area contributed by atoms with Crippen LogP contribution in [-0.4, -0.2) is 34.9 Å². The van der Waals surface area contributed by atoms with Gasteiger partial charge in [-0.05, 0) is 18.2 Å². The Balaban J connectivity index is 2.18. The first-order valence-electron chi connectivity index (χ1n) is 7.07. The normalized spacial score (nSPS) is 15.8. The summed E-state index contributed by atoms with van der Waals surface area (Å²) in [5, 5.41) is 11.0. The molecular weight excluding hydrogens is 346 g/mol. The van der Waals surface area contributed by atoms with Gasteiger partial charge in [0, 0.05) is 18.3 Å². The molecule has 0 saturated heterocycles. The molecule has 0 radical (unpaired) electrons. The largest absolute Gasteiger partial charge is 0.471 e. The van der Waals surface area contributed by atoms with Gasteiger partial charge >= 0.3 is 0 Å². The fourth-order valence-electron chi connectivity index (χ4n) is 2.53. The molecular formula is C15H11F4N3O3. The lowest BCUT2D eigenvalue weighted by molar-refractivity contribution is -0.384. The molecule has 1 aliphatic heterocycles. The zero-order valence-corrected chi connectivity index (χ0v) is 12.5. The number of rotatable bonds is 4. The molecule has 25 heavy (non-hydrogen) atoms. The molecule has 0 aliphatic carbocycles. The van der Waals surface area contributed by atoms with Crippen molar-refractivity contribution in [3.8, 4) is 5.75 Å². The zero-order valence-electron chi connectivity index (χ0n) is 12.5. The number of halogens is 4. The smallest absolute Gasteiger partial charge is 0.285 e. The summed E-state index contributed by atoms with van der Waals surface area (Å²) in [6.45, 7) is -0.909. The summed E-state index contributed by atoms with van der Waals surface area (Å²) in [7, 11) is 0. The number of nitro groups is 1. The lowest BCUT2D eigenvalue weighted by Crippen LogP contribution is -2.59. The molecule has 1 aromatic carbocycles. The van der Waals surface area contributed by atoms with E-state index in [1.54, 1.807) is 12.1 Å². The molecule has 0 bridgehead atoms. The van der Waals surface area contributed by atoms with Crippen molar-refractivity contribution in [3.63, 3.8) is 0 Å². The summed E-state index contributed by atoms with van der Waals surface area (Å²) >= 11 is 0. The van der Waals surface area contributed by atoms with Gasteiger partial charge in [0.2, 0.25) is 5.60 Å². The van der Waals surface area contributed by atoms with Crippen LogP contribution in [0.1, 0.15) is 0 Å². The van der Waals surface area contributed by atoms with Crippen molar-refractivity contribution in [1.29, 1.82) is 0 Å². The number of hydrogen-bond donors (Lipinski definition) is 0. The minimum absolute atomic E-state index is 0.0184. The van der Waals surface area contributed by atoms with Gasteiger partial charge in [0.15, 0.2) is 0 Å². The molecule has 0 spiro atoms. The number of nitrogens with zero attached hydrogens (tertiary/aromatic N) is 3. The number of non-ortho nitro benzene ring substituents is 1. The molecule has 0 atom stereocenters. The van der Waals surface area contributed by atoms with Crippen LogP contribution in [-0.2, 0) is 0 Å². The highest BCUT2D eigenvalue weighted by atomic mass is 19.3. The number of alkyl halides is 4. The van der Waals surface area contributed by atoms with Crippen LogP contribution >= 0.6 is 0 Å². The van der Waals surface area contributed by atoms with E-state index in [1.165, 1.54) is 12.3 Å². The van der Waals surface area contributed by atoms with E-state index in [1.807, 2.05) is 0 Å². The second-order valence-corrected chi connectivity index (χ2v) is 5.34. The number of benzene rings is 1. The van der Waals surface area contributed by atoms with Crippen LogP contribution < -0.4 is 9.64 Å². The minimum Gasteiger partial charge on any atom is -0.471 e. The molecule has 6 nitrogen and oxygen atoms in total. The van der Waals surface area contributed by atoms with E-state index < -0.39 is 29.9 Å². The van der Waals surface area contributed by atoms with Gasteiger partial charge in [-0.3, -0.25) is 10.1 Å². The van der Waals surface area contributed by atoms with Crippen LogP contribution in [0.3, 0.4) is 0 Å². The first-order chi connectivity index (χ1) is 11.8. The van der Waals surface area contributed by atoms with Crippen molar-refractivity contribution in [2.24, 2.45) is 0 Å². The Labute approximate surface area is 138 Å². The van der Waals surface area contributed by atoms with Crippen LogP contribution in [0.4, 0.5) is 34.8 Å². The van der Waals surface area contributed by atoms with Crippen LogP contribution in [0.25, 0.3) is 0 Å². The van der Waals surface area contributed by atoms with E-state index in [2.05, 4.69) is 4.98 Å². The van der Waals surface area contributed by atoms with Crippen molar-refractivity contribution in [1.82, 2.24) is 4.98 Å². The van der Waals surface area contributed by atoms with E-state index in [9.17, 15) is 27.7 Å². The average Bonchev–Trinajstić information content (AvgIpc) is 2.60. The molecule has 10 heteroatoms. The molecule has 0 N–H and O–H groups in total. The number of ether oxygens (including phenoxy) is 1. The third-order valence-corrected chi connectivity index (χ3v) is 3.81. The van der Waals surface area contributed by atoms with E-state index in [-0.39, 0.29) is 22.9 Å². The third kappa shape index (κ3) is 2.83. The van der Waals surface area contributed by atoms with Gasteiger partial charge in [-0.2, -0.15) is 0 Å². The predicted molar refractivity (Wildman–Crippen MR) is 79.7 cm³/mol. The maximum Gasteiger partial charge on any atom is 0.285 e. The topological polar surface area (TPSA) is 68.5 Å². The van der Waals surface area contributed by atoms with E-state index >= 15 is 0 Å². The van der Waals surface area contributed by atoms with Crippen molar-refractivity contribution in [2.45, 2.75) is 18.5 Å². The van der Waals surface area contributed by atoms with Crippen molar-refractivity contribution < 1.29 is 27.2 Å². The fraction of sp³-hybridized carbons (Fsp3) is 0.267. The SMILES string of the molecule is O=[N+]([O-])c1ccc2c(c1)N(c1ccccn1)CC(C(F)F)(C(F)F)O2. The van der Waals surface area contributed by atoms with Gasteiger partial charge < -0.3 is 9.64 Å². The summed E-state index contributed by atoms with van der Waals surface area (Å²) in [5.74, 6) is -0.207. The average molecular weight is 357 g/mol. The highest BCUT2D eigenvalue weighted by Gasteiger charge is 2.56. The first kappa shape index (κ1) is 16.9. The standard InChI is InChI=1S/C15H11F4N3O3/c16-13(17)15(14(18)19)8-21(12-3-1-2-6-20-12)10-7-9(22(23)24)4-5-11(10)25-15/h1-7,13-14H,8H2. The fourth-order valence-corrected chi connectivity index (χ4v) is 2.53. The Morgan fingerprint density at radius 2 is 1.92 bits per heavy atom. The van der Waals surface area contributed by atoms with Crippen LogP contribution in [0.5, 0.6) is 5.75 Å². The molecule has 132 valence electrons. The van der Waals surface area contributed by atoms with Crippen LogP contribution in [0, 0.1) is 10.1 Å². The van der Waals surface area contributed by atoms with Gasteiger partial charge in [0.1, 0.15) is 11.6 Å². The molecule has 0 fully saturated rings. The summed E-state index contributed by atoms with van der Waals surface area (Å²) < 4.78 is 58.8. The van der Waals surface area contributed by atoms with Crippen molar-refractivity contribution in [2.75, 3.05) is 11.4 Å². The van der Waals surface area contributed by atoms with Crippen LogP contribution in [0.2, 0.25) is 0 Å². The van der Waals surface area contributed by atoms with Gasteiger partial charge in [-0.15, -0.1) is 0 Å². The van der Waals surface area contributed by atoms with Crippen LogP contribution in [0.15, 0.2) is 42.6 Å². The number of aromatic nitrogens is 1. The summed E-state index contributed by atoms with van der Waals surface area (Å²) in [6, 6.07) is 7.64. The molecule has 0 amide bonds. The lowest BCUT2D eigenvalue weighted by atomic mass is 10.0. The molecule has 0 saturated carbocycles. The maximum atomic E-state index is 13.5. The number of fused-ring (bicyclic) bond motifs is 1. The predicted octanol–water partition coefficient (Wildman–Crippen LogP) is 3.79. The molecule has 1 aliphatic rings. The Hall–Kier alpha value is -2.91. The third-order valence-electron chi connectivity index (χ3n) is 3.81. The summed E-state index contributed by atoms with van der Waals surface area (Å²) in [4.78, 5) is 15.3. The van der Waals surface area contributed by atoms with Gasteiger partial charge in [-0.1, -0.05) is 6.07 Å². The lowest BCUT2D eigenvalue weighted by Gasteiger charge is -2.42. The number of anilines is 2. The zero-order chi connectivity index (χ0) is 18.2. The number of hydrogen-bond acceptors (Lipinski definition) is 5. The summed E-state index contributed by atoms with van der Waals surface area (Å²) in [5.41, 5.74) is -3.38. The molecule has 2 aromatic rings. The monoisotopic (exact) mass is 357 g/mol. The first-order valence-corrected chi connectivity index (χ1v) is 7.07. The molecule has 3 rings (SSSR count). The highest BCUT2D eigenvalue weighted by molar-refractivity contribution is 5.72. The summed E-state index contributed by atoms with van der Waals surface area (Å²) in [6.07, 6.45) is -5.61. The Kier molecular flexibility index (Phi) is 4.19. The molecule has 0 unspecified atom stereocenters. The second kappa shape index (κ2) is 6.19. The molecule has 1 aromatic heterocycles. The van der Waals surface area contributed by atoms with E-state index in [0.717, 1.165) is 23.1 Å². The Morgan fingerprint density at radius 1 is 1.20 bits per heavy atom. The van der Waals surface area contributed by atoms with Crippen molar-refractivity contribution in [3.05, 3.63) is 52.7 Å². The van der Waals surface area contributed by atoms with E-state index in [4.69, 9.17) is 4.74 Å². The van der Waals surface area contributed by atoms with E-state index in [0.29, 0.717) is 0 Å². The Bertz CT molecular complexity index is 781. The number of nitro benzene ring substituents is 1. The Morgan fingerprint density at radius 3 is 2.48 bits per heavy atom. The van der Waals surface area contributed by atoms with Gasteiger partial charge in [0.05, 0.1) is 17.2 Å². The molecule has 2 heterocycles. The van der Waals surface area contributed by atoms with Crippen molar-refractivity contribution >= 4 is 17.2 Å². The van der Waals surface area contributed by atoms with Gasteiger partial charge in [0.25, 0.3) is 18.5 Å². The van der Waals surface area contributed by atoms with Gasteiger partial charge in [-0.25, -0.2) is 22.5 Å². The number of pyridine rings is 1. The minimum atomic E-state index is -3.48. The maximum absolute atomic E-state index is 13.5.